The summed E-state index contributed by atoms with van der Waals surface area (Å²) in [5.74, 6) is 0. The van der Waals surface area contributed by atoms with Crippen molar-refractivity contribution in [2.24, 2.45) is 0 Å². The molecule has 0 N–H and O–H groups in total. The van der Waals surface area contributed by atoms with Gasteiger partial charge >= 0.3 is 143 Å². The normalized spacial score (nSPS) is 12.1. The summed E-state index contributed by atoms with van der Waals surface area (Å²) in [5.41, 5.74) is 0. The van der Waals surface area contributed by atoms with Crippen LogP contribution in [-0.4, -0.2) is 70.0 Å². The van der Waals surface area contributed by atoms with Crippen molar-refractivity contribution in [1.29, 1.82) is 0 Å². The van der Waals surface area contributed by atoms with E-state index in [0.29, 0.717) is 12.1 Å². The van der Waals surface area contributed by atoms with E-state index in [4.69, 9.17) is 0 Å². The molecule has 0 atom stereocenters. The van der Waals surface area contributed by atoms with Crippen LogP contribution >= 0.6 is 0 Å². The summed E-state index contributed by atoms with van der Waals surface area (Å²) in [7, 11) is 2.28. The van der Waals surface area contributed by atoms with Crippen molar-refractivity contribution < 1.29 is 0 Å². The first-order valence-electron chi connectivity index (χ1n) is 9.36. The van der Waals surface area contributed by atoms with Crippen LogP contribution in [0.25, 0.3) is 0 Å². The minimum absolute atomic E-state index is 0.697. The molecule has 0 aromatic heterocycles. The molecule has 0 unspecified atom stereocenters. The van der Waals surface area contributed by atoms with Gasteiger partial charge in [-0.3, -0.25) is 0 Å². The first kappa shape index (κ1) is 21.8. The molecule has 3 heteroatoms. The van der Waals surface area contributed by atoms with E-state index in [1.807, 2.05) is 0 Å². The van der Waals surface area contributed by atoms with Gasteiger partial charge in [0, 0.05) is 0 Å². The molecule has 0 spiro atoms. The molecule has 2 nitrogen and oxygen atoms in total. The Morgan fingerprint density at radius 2 is 1.33 bits per heavy atom. The summed E-state index contributed by atoms with van der Waals surface area (Å²) in [6.07, 6.45) is 4.20. The Labute approximate surface area is 143 Å². The Bertz CT molecular complexity index is 223. The van der Waals surface area contributed by atoms with Crippen LogP contribution < -0.4 is 0 Å². The SMILES string of the molecule is CCCN(C)CC[CH2][In]([CH2]C)[CH2]CCN(C(C)C)C(C)C. The van der Waals surface area contributed by atoms with Crippen LogP contribution in [0.5, 0.6) is 0 Å². The summed E-state index contributed by atoms with van der Waals surface area (Å²) >= 11 is -1.18. The number of nitrogens with zero attached hydrogens (tertiary/aromatic N) is 2. The number of hydrogen-bond acceptors (Lipinski definition) is 2. The maximum atomic E-state index is 2.66. The summed E-state index contributed by atoms with van der Waals surface area (Å²) in [5, 5.41) is 0. The van der Waals surface area contributed by atoms with Crippen LogP contribution in [0.4, 0.5) is 0 Å². The minimum atomic E-state index is -1.18. The van der Waals surface area contributed by atoms with Gasteiger partial charge in [-0.15, -0.1) is 0 Å². The molecule has 21 heavy (non-hydrogen) atoms. The molecule has 0 aromatic carbocycles. The van der Waals surface area contributed by atoms with Gasteiger partial charge in [-0.25, -0.2) is 0 Å². The van der Waals surface area contributed by atoms with Gasteiger partial charge in [-0.1, -0.05) is 0 Å². The molecule has 0 aliphatic rings. The Kier molecular flexibility index (Phi) is 13.7. The maximum absolute atomic E-state index is 2.66. The number of hydrogen-bond donors (Lipinski definition) is 0. The number of rotatable bonds is 13. The van der Waals surface area contributed by atoms with Crippen molar-refractivity contribution in [3.8, 4) is 0 Å². The standard InChI is InChI=1S/C9H20N.C7H16N.C2H5.In/c1-6-7-10(8(2)3)9(4)5;1-4-6-8(3)7-5-2;1-2;/h8-9H,1,6-7H2,2-5H3;1,4-7H2,2-3H3;1H2,2H3;. The van der Waals surface area contributed by atoms with Gasteiger partial charge in [0.05, 0.1) is 0 Å². The second kappa shape index (κ2) is 13.2. The molecule has 0 saturated carbocycles. The Morgan fingerprint density at radius 1 is 0.810 bits per heavy atom. The summed E-state index contributed by atoms with van der Waals surface area (Å²) in [6, 6.07) is 1.39. The van der Waals surface area contributed by atoms with E-state index >= 15 is 0 Å². The summed E-state index contributed by atoms with van der Waals surface area (Å²) in [6.45, 7) is 18.0. The van der Waals surface area contributed by atoms with Crippen LogP contribution in [0.15, 0.2) is 0 Å². The molecule has 0 amide bonds. The van der Waals surface area contributed by atoms with Crippen LogP contribution in [0, 0.1) is 0 Å². The molecule has 0 saturated heterocycles. The Hall–Kier alpha value is 0.790. The molecule has 0 rings (SSSR count). The van der Waals surface area contributed by atoms with Gasteiger partial charge < -0.3 is 0 Å². The first-order chi connectivity index (χ1) is 9.92. The van der Waals surface area contributed by atoms with E-state index in [1.54, 1.807) is 12.5 Å². The van der Waals surface area contributed by atoms with Crippen LogP contribution in [0.2, 0.25) is 12.5 Å². The van der Waals surface area contributed by atoms with Crippen molar-refractivity contribution in [1.82, 2.24) is 9.80 Å². The molecule has 126 valence electrons. The van der Waals surface area contributed by atoms with E-state index < -0.39 is 21.4 Å². The van der Waals surface area contributed by atoms with E-state index in [9.17, 15) is 0 Å². The van der Waals surface area contributed by atoms with Crippen molar-refractivity contribution in [2.75, 3.05) is 26.7 Å². The molecule has 0 aromatic rings. The molecular formula is C18H41InN2. The molecule has 0 fully saturated rings. The van der Waals surface area contributed by atoms with E-state index in [-0.39, 0.29) is 0 Å². The zero-order valence-corrected chi connectivity index (χ0v) is 19.3. The van der Waals surface area contributed by atoms with E-state index in [2.05, 4.69) is 58.4 Å². The van der Waals surface area contributed by atoms with Crippen molar-refractivity contribution in [2.45, 2.75) is 85.4 Å². The summed E-state index contributed by atoms with van der Waals surface area (Å²) < 4.78 is 4.80. The molecule has 0 aliphatic heterocycles. The van der Waals surface area contributed by atoms with Gasteiger partial charge in [-0.2, -0.15) is 0 Å². The molecule has 0 radical (unpaired) electrons. The molecular weight excluding hydrogens is 359 g/mol. The first-order valence-corrected chi connectivity index (χ1v) is 16.4. The van der Waals surface area contributed by atoms with Crippen LogP contribution in [0.3, 0.4) is 0 Å². The third-order valence-electron chi connectivity index (χ3n) is 4.69. The van der Waals surface area contributed by atoms with Gasteiger partial charge in [-0.05, 0) is 0 Å². The fourth-order valence-corrected chi connectivity index (χ4v) is 10.9. The summed E-state index contributed by atoms with van der Waals surface area (Å²) in [4.78, 5) is 5.17. The quantitative estimate of drug-likeness (QED) is 0.441. The van der Waals surface area contributed by atoms with Crippen molar-refractivity contribution in [3.05, 3.63) is 0 Å². The molecule has 0 heterocycles. The zero-order chi connectivity index (χ0) is 16.3. The van der Waals surface area contributed by atoms with Gasteiger partial charge in [0.2, 0.25) is 0 Å². The topological polar surface area (TPSA) is 6.48 Å². The van der Waals surface area contributed by atoms with E-state index in [0.717, 1.165) is 0 Å². The fraction of sp³-hybridized carbons (Fsp3) is 1.00. The second-order valence-electron chi connectivity index (χ2n) is 7.29. The van der Waals surface area contributed by atoms with Crippen molar-refractivity contribution >= 4 is 21.4 Å². The fourth-order valence-electron chi connectivity index (χ4n) is 3.37. The third-order valence-corrected chi connectivity index (χ3v) is 15.0. The monoisotopic (exact) mass is 400 g/mol. The van der Waals surface area contributed by atoms with Crippen LogP contribution in [0.1, 0.15) is 60.8 Å². The second-order valence-corrected chi connectivity index (χ2v) is 17.9. The van der Waals surface area contributed by atoms with Crippen molar-refractivity contribution in [3.63, 3.8) is 0 Å². The molecule has 0 bridgehead atoms. The Balaban J connectivity index is 3.88. The molecule has 0 aliphatic carbocycles. The van der Waals surface area contributed by atoms with Gasteiger partial charge in [0.25, 0.3) is 0 Å². The predicted molar refractivity (Wildman–Crippen MR) is 99.8 cm³/mol. The average Bonchev–Trinajstić information content (AvgIpc) is 2.40. The van der Waals surface area contributed by atoms with E-state index in [1.165, 1.54) is 38.9 Å². The van der Waals surface area contributed by atoms with Gasteiger partial charge in [0.1, 0.15) is 0 Å². The predicted octanol–water partition coefficient (Wildman–Crippen LogP) is 4.74. The van der Waals surface area contributed by atoms with Gasteiger partial charge in [0.15, 0.2) is 0 Å². The Morgan fingerprint density at radius 3 is 1.76 bits per heavy atom. The van der Waals surface area contributed by atoms with Crippen LogP contribution in [-0.2, 0) is 0 Å². The third kappa shape index (κ3) is 11.0. The zero-order valence-electron chi connectivity index (χ0n) is 16.0. The average molecular weight is 400 g/mol.